The molecule has 17 heavy (non-hydrogen) atoms. The number of hydrogen-bond acceptors (Lipinski definition) is 2. The highest BCUT2D eigenvalue weighted by molar-refractivity contribution is 9.10. The summed E-state index contributed by atoms with van der Waals surface area (Å²) in [6.45, 7) is 6.61. The van der Waals surface area contributed by atoms with Gasteiger partial charge in [-0.3, -0.25) is 0 Å². The molecular formula is C14H22BrNO. The second-order valence-corrected chi connectivity index (χ2v) is 5.27. The van der Waals surface area contributed by atoms with Gasteiger partial charge in [0, 0.05) is 0 Å². The summed E-state index contributed by atoms with van der Waals surface area (Å²) < 4.78 is 6.27. The van der Waals surface area contributed by atoms with E-state index in [-0.39, 0.29) is 0 Å². The molecule has 1 unspecified atom stereocenters. The van der Waals surface area contributed by atoms with Gasteiger partial charge >= 0.3 is 0 Å². The SMILES string of the molecule is CCNCCC(C)Cc1ccc(OC)c(Br)c1. The Kier molecular flexibility index (Phi) is 6.60. The Labute approximate surface area is 113 Å². The van der Waals surface area contributed by atoms with Crippen LogP contribution in [0.1, 0.15) is 25.8 Å². The highest BCUT2D eigenvalue weighted by Crippen LogP contribution is 2.26. The van der Waals surface area contributed by atoms with E-state index in [1.165, 1.54) is 12.0 Å². The molecule has 1 rings (SSSR count). The van der Waals surface area contributed by atoms with E-state index in [0.29, 0.717) is 5.92 Å². The monoisotopic (exact) mass is 299 g/mol. The number of nitrogens with one attached hydrogen (secondary N) is 1. The summed E-state index contributed by atoms with van der Waals surface area (Å²) in [5.41, 5.74) is 1.36. The first-order chi connectivity index (χ1) is 8.17. The molecule has 0 spiro atoms. The molecule has 1 N–H and O–H groups in total. The van der Waals surface area contributed by atoms with Crippen LogP contribution in [0.2, 0.25) is 0 Å². The number of benzene rings is 1. The van der Waals surface area contributed by atoms with Crippen LogP contribution in [-0.4, -0.2) is 20.2 Å². The maximum atomic E-state index is 5.23. The molecule has 0 heterocycles. The number of ether oxygens (including phenoxy) is 1. The molecule has 1 aromatic rings. The predicted octanol–water partition coefficient (Wildman–Crippen LogP) is 3.64. The molecule has 0 aliphatic rings. The van der Waals surface area contributed by atoms with Crippen LogP contribution in [0.15, 0.2) is 22.7 Å². The smallest absolute Gasteiger partial charge is 0.133 e. The Morgan fingerprint density at radius 1 is 1.41 bits per heavy atom. The lowest BCUT2D eigenvalue weighted by molar-refractivity contribution is 0.411. The Hall–Kier alpha value is -0.540. The summed E-state index contributed by atoms with van der Waals surface area (Å²) in [7, 11) is 1.69. The molecule has 2 nitrogen and oxygen atoms in total. The summed E-state index contributed by atoms with van der Waals surface area (Å²) in [6.07, 6.45) is 2.34. The molecule has 96 valence electrons. The first-order valence-corrected chi connectivity index (χ1v) is 6.99. The van der Waals surface area contributed by atoms with Gasteiger partial charge in [0.05, 0.1) is 11.6 Å². The van der Waals surface area contributed by atoms with Crippen molar-refractivity contribution in [2.24, 2.45) is 5.92 Å². The van der Waals surface area contributed by atoms with Gasteiger partial charge in [-0.1, -0.05) is 19.9 Å². The van der Waals surface area contributed by atoms with E-state index >= 15 is 0 Å². The van der Waals surface area contributed by atoms with Gasteiger partial charge in [-0.25, -0.2) is 0 Å². The number of halogens is 1. The Balaban J connectivity index is 2.48. The maximum Gasteiger partial charge on any atom is 0.133 e. The first-order valence-electron chi connectivity index (χ1n) is 6.20. The summed E-state index contributed by atoms with van der Waals surface area (Å²) >= 11 is 3.52. The van der Waals surface area contributed by atoms with Crippen LogP contribution >= 0.6 is 15.9 Å². The molecule has 0 radical (unpaired) electrons. The third kappa shape index (κ3) is 5.09. The van der Waals surface area contributed by atoms with Gasteiger partial charge < -0.3 is 10.1 Å². The lowest BCUT2D eigenvalue weighted by Gasteiger charge is -2.12. The molecular weight excluding hydrogens is 278 g/mol. The zero-order valence-corrected chi connectivity index (χ0v) is 12.5. The van der Waals surface area contributed by atoms with Gasteiger partial charge in [0.1, 0.15) is 5.75 Å². The van der Waals surface area contributed by atoms with E-state index in [9.17, 15) is 0 Å². The molecule has 0 aliphatic heterocycles. The van der Waals surface area contributed by atoms with Crippen LogP contribution in [0.3, 0.4) is 0 Å². The summed E-state index contributed by atoms with van der Waals surface area (Å²) in [6, 6.07) is 6.33. The van der Waals surface area contributed by atoms with Crippen molar-refractivity contribution in [3.8, 4) is 5.75 Å². The quantitative estimate of drug-likeness (QED) is 0.776. The molecule has 0 saturated carbocycles. The molecule has 0 aromatic heterocycles. The van der Waals surface area contributed by atoms with Gasteiger partial charge in [0.25, 0.3) is 0 Å². The van der Waals surface area contributed by atoms with Crippen molar-refractivity contribution in [3.63, 3.8) is 0 Å². The minimum Gasteiger partial charge on any atom is -0.496 e. The molecule has 0 saturated heterocycles. The van der Waals surface area contributed by atoms with E-state index in [1.807, 2.05) is 6.07 Å². The maximum absolute atomic E-state index is 5.23. The van der Waals surface area contributed by atoms with Crippen LogP contribution in [0.5, 0.6) is 5.75 Å². The minimum atomic E-state index is 0.703. The highest BCUT2D eigenvalue weighted by Gasteiger charge is 2.06. The lowest BCUT2D eigenvalue weighted by atomic mass is 9.98. The van der Waals surface area contributed by atoms with Gasteiger partial charge in [-0.2, -0.15) is 0 Å². The number of rotatable bonds is 7. The third-order valence-corrected chi connectivity index (χ3v) is 3.48. The van der Waals surface area contributed by atoms with Crippen LogP contribution in [0, 0.1) is 5.92 Å². The molecule has 0 bridgehead atoms. The zero-order valence-electron chi connectivity index (χ0n) is 10.9. The van der Waals surface area contributed by atoms with Crippen molar-refractivity contribution in [1.82, 2.24) is 5.32 Å². The molecule has 0 aliphatic carbocycles. The van der Waals surface area contributed by atoms with E-state index in [4.69, 9.17) is 4.74 Å². The standard InChI is InChI=1S/C14H22BrNO/c1-4-16-8-7-11(2)9-12-5-6-14(17-3)13(15)10-12/h5-6,10-11,16H,4,7-9H2,1-3H3. The fourth-order valence-corrected chi connectivity index (χ4v) is 2.45. The second-order valence-electron chi connectivity index (χ2n) is 4.42. The lowest BCUT2D eigenvalue weighted by Crippen LogP contribution is -2.17. The molecule has 3 heteroatoms. The summed E-state index contributed by atoms with van der Waals surface area (Å²) in [5.74, 6) is 1.60. The van der Waals surface area contributed by atoms with Gasteiger partial charge in [-0.15, -0.1) is 0 Å². The average molecular weight is 300 g/mol. The summed E-state index contributed by atoms with van der Waals surface area (Å²) in [4.78, 5) is 0. The first kappa shape index (κ1) is 14.5. The van der Waals surface area contributed by atoms with Gasteiger partial charge in [0.2, 0.25) is 0 Å². The third-order valence-electron chi connectivity index (χ3n) is 2.86. The fourth-order valence-electron chi connectivity index (χ4n) is 1.87. The molecule has 0 fully saturated rings. The van der Waals surface area contributed by atoms with Crippen molar-refractivity contribution in [2.75, 3.05) is 20.2 Å². The van der Waals surface area contributed by atoms with Crippen molar-refractivity contribution < 1.29 is 4.74 Å². The Bertz CT molecular complexity index is 341. The molecule has 1 atom stereocenters. The van der Waals surface area contributed by atoms with Crippen molar-refractivity contribution in [2.45, 2.75) is 26.7 Å². The predicted molar refractivity (Wildman–Crippen MR) is 76.7 cm³/mol. The van der Waals surface area contributed by atoms with E-state index in [2.05, 4.69) is 47.2 Å². The van der Waals surface area contributed by atoms with E-state index < -0.39 is 0 Å². The van der Waals surface area contributed by atoms with Crippen LogP contribution in [-0.2, 0) is 6.42 Å². The molecule has 0 amide bonds. The van der Waals surface area contributed by atoms with E-state index in [1.54, 1.807) is 7.11 Å². The largest absolute Gasteiger partial charge is 0.496 e. The second kappa shape index (κ2) is 7.72. The Morgan fingerprint density at radius 3 is 2.76 bits per heavy atom. The average Bonchev–Trinajstić information content (AvgIpc) is 2.29. The van der Waals surface area contributed by atoms with Crippen LogP contribution < -0.4 is 10.1 Å². The topological polar surface area (TPSA) is 21.3 Å². The normalized spacial score (nSPS) is 12.5. The van der Waals surface area contributed by atoms with Gasteiger partial charge in [-0.05, 0) is 65.5 Å². The van der Waals surface area contributed by atoms with Crippen molar-refractivity contribution in [3.05, 3.63) is 28.2 Å². The number of methoxy groups -OCH3 is 1. The fraction of sp³-hybridized carbons (Fsp3) is 0.571. The zero-order chi connectivity index (χ0) is 12.7. The highest BCUT2D eigenvalue weighted by atomic mass is 79.9. The van der Waals surface area contributed by atoms with Crippen LogP contribution in [0.4, 0.5) is 0 Å². The number of hydrogen-bond donors (Lipinski definition) is 1. The molecule has 1 aromatic carbocycles. The van der Waals surface area contributed by atoms with Crippen molar-refractivity contribution >= 4 is 15.9 Å². The van der Waals surface area contributed by atoms with E-state index in [0.717, 1.165) is 29.7 Å². The van der Waals surface area contributed by atoms with Crippen molar-refractivity contribution in [1.29, 1.82) is 0 Å². The van der Waals surface area contributed by atoms with Gasteiger partial charge in [0.15, 0.2) is 0 Å². The van der Waals surface area contributed by atoms with Crippen LogP contribution in [0.25, 0.3) is 0 Å². The minimum absolute atomic E-state index is 0.703. The summed E-state index contributed by atoms with van der Waals surface area (Å²) in [5, 5.41) is 3.37. The Morgan fingerprint density at radius 2 is 2.18 bits per heavy atom.